The average Bonchev–Trinajstić information content (AvgIpc) is 3.20. The van der Waals surface area contributed by atoms with Crippen molar-refractivity contribution in [3.05, 3.63) is 47.5 Å². The van der Waals surface area contributed by atoms with Crippen molar-refractivity contribution in [2.24, 2.45) is 5.92 Å². The van der Waals surface area contributed by atoms with Gasteiger partial charge in [0.25, 0.3) is 0 Å². The number of hydrogen-bond donors (Lipinski definition) is 0. The Balaban J connectivity index is 1.51. The van der Waals surface area contributed by atoms with Crippen molar-refractivity contribution < 1.29 is 4.74 Å². The molecule has 5 heteroatoms. The highest BCUT2D eigenvalue weighted by molar-refractivity contribution is 5.20. The predicted molar refractivity (Wildman–Crippen MR) is 97.2 cm³/mol. The Morgan fingerprint density at radius 3 is 2.88 bits per heavy atom. The zero-order valence-corrected chi connectivity index (χ0v) is 15.3. The highest BCUT2D eigenvalue weighted by atomic mass is 16.5. The first-order valence-corrected chi connectivity index (χ1v) is 9.47. The molecule has 2 aromatic heterocycles. The van der Waals surface area contributed by atoms with Crippen LogP contribution in [-0.4, -0.2) is 39.4 Å². The fourth-order valence-corrected chi connectivity index (χ4v) is 4.26. The van der Waals surface area contributed by atoms with E-state index in [0.29, 0.717) is 12.1 Å². The molecule has 2 unspecified atom stereocenters. The molecule has 134 valence electrons. The summed E-state index contributed by atoms with van der Waals surface area (Å²) in [5, 5.41) is 4.82. The number of pyridine rings is 1. The molecule has 0 spiro atoms. The quantitative estimate of drug-likeness (QED) is 0.854. The lowest BCUT2D eigenvalue weighted by molar-refractivity contribution is 0.0661. The first-order valence-electron chi connectivity index (χ1n) is 9.47. The molecule has 0 radical (unpaired) electrons. The summed E-state index contributed by atoms with van der Waals surface area (Å²) >= 11 is 0. The Morgan fingerprint density at radius 2 is 2.12 bits per heavy atom. The first kappa shape index (κ1) is 16.7. The maximum atomic E-state index is 5.49. The summed E-state index contributed by atoms with van der Waals surface area (Å²) < 4.78 is 7.67. The van der Waals surface area contributed by atoms with Crippen LogP contribution in [0, 0.1) is 12.8 Å². The summed E-state index contributed by atoms with van der Waals surface area (Å²) in [4.78, 5) is 6.92. The molecule has 4 heterocycles. The second-order valence-electron chi connectivity index (χ2n) is 7.64. The highest BCUT2D eigenvalue weighted by Crippen LogP contribution is 2.36. The fourth-order valence-electron chi connectivity index (χ4n) is 4.26. The zero-order valence-electron chi connectivity index (χ0n) is 15.3. The number of rotatable bonds is 4. The first-order chi connectivity index (χ1) is 12.2. The Morgan fingerprint density at radius 1 is 1.28 bits per heavy atom. The fraction of sp³-hybridized carbons (Fsp3) is 0.600. The summed E-state index contributed by atoms with van der Waals surface area (Å²) in [6.45, 7) is 8.31. The molecular weight excluding hydrogens is 312 g/mol. The number of hydrogen-bond acceptors (Lipinski definition) is 4. The van der Waals surface area contributed by atoms with Crippen LogP contribution in [0.1, 0.15) is 55.1 Å². The van der Waals surface area contributed by atoms with Gasteiger partial charge in [-0.05, 0) is 43.7 Å². The second-order valence-corrected chi connectivity index (χ2v) is 7.64. The van der Waals surface area contributed by atoms with E-state index < -0.39 is 0 Å². The lowest BCUT2D eigenvalue weighted by Crippen LogP contribution is -2.23. The standard InChI is InChI=1S/C20H28N4O/c1-15-10-20(17-4-3-7-21-11-17)23(12-15)13-18-14-24(22-16(18)2)19-5-8-25-9-6-19/h3-4,7,11,14-15,19-20H,5-6,8-10,12-13H2,1-2H3. The van der Waals surface area contributed by atoms with Crippen LogP contribution in [0.25, 0.3) is 0 Å². The van der Waals surface area contributed by atoms with E-state index in [1.165, 1.54) is 17.5 Å². The van der Waals surface area contributed by atoms with E-state index >= 15 is 0 Å². The number of nitrogens with zero attached hydrogens (tertiary/aromatic N) is 4. The Bertz CT molecular complexity index is 693. The second kappa shape index (κ2) is 7.26. The molecule has 2 aliphatic rings. The van der Waals surface area contributed by atoms with Gasteiger partial charge in [-0.1, -0.05) is 13.0 Å². The summed E-state index contributed by atoms with van der Waals surface area (Å²) in [6.07, 6.45) is 9.50. The lowest BCUT2D eigenvalue weighted by Gasteiger charge is -2.24. The van der Waals surface area contributed by atoms with Crippen molar-refractivity contribution >= 4 is 0 Å². The number of aromatic nitrogens is 3. The largest absolute Gasteiger partial charge is 0.381 e. The Labute approximate surface area is 150 Å². The average molecular weight is 340 g/mol. The third-order valence-corrected chi connectivity index (χ3v) is 5.64. The van der Waals surface area contributed by atoms with Crippen LogP contribution < -0.4 is 0 Å². The van der Waals surface area contributed by atoms with E-state index in [9.17, 15) is 0 Å². The lowest BCUT2D eigenvalue weighted by atomic mass is 10.0. The van der Waals surface area contributed by atoms with Crippen LogP contribution in [-0.2, 0) is 11.3 Å². The minimum Gasteiger partial charge on any atom is -0.381 e. The van der Waals surface area contributed by atoms with Crippen LogP contribution in [0.15, 0.2) is 30.7 Å². The van der Waals surface area contributed by atoms with E-state index in [4.69, 9.17) is 9.84 Å². The van der Waals surface area contributed by atoms with Gasteiger partial charge in [-0.2, -0.15) is 5.10 Å². The van der Waals surface area contributed by atoms with E-state index in [-0.39, 0.29) is 0 Å². The topological polar surface area (TPSA) is 43.2 Å². The number of likely N-dealkylation sites (tertiary alicyclic amines) is 1. The van der Waals surface area contributed by atoms with Crippen molar-refractivity contribution in [2.75, 3.05) is 19.8 Å². The van der Waals surface area contributed by atoms with Crippen LogP contribution in [0.3, 0.4) is 0 Å². The van der Waals surface area contributed by atoms with Gasteiger partial charge in [-0.15, -0.1) is 0 Å². The van der Waals surface area contributed by atoms with Gasteiger partial charge in [0.1, 0.15) is 0 Å². The molecule has 4 rings (SSSR count). The van der Waals surface area contributed by atoms with Gasteiger partial charge in [-0.25, -0.2) is 0 Å². The van der Waals surface area contributed by atoms with Crippen molar-refractivity contribution in [3.63, 3.8) is 0 Å². The summed E-state index contributed by atoms with van der Waals surface area (Å²) in [6, 6.07) is 5.22. The molecule has 2 fully saturated rings. The minimum atomic E-state index is 0.467. The van der Waals surface area contributed by atoms with Gasteiger partial charge in [0.15, 0.2) is 0 Å². The summed E-state index contributed by atoms with van der Waals surface area (Å²) in [5.74, 6) is 0.719. The smallest absolute Gasteiger partial charge is 0.0638 e. The molecule has 2 saturated heterocycles. The van der Waals surface area contributed by atoms with Gasteiger partial charge < -0.3 is 4.74 Å². The van der Waals surface area contributed by atoms with E-state index in [2.05, 4.69) is 40.7 Å². The normalized spacial score (nSPS) is 25.5. The number of aryl methyl sites for hydroxylation is 1. The molecule has 0 bridgehead atoms. The third-order valence-electron chi connectivity index (χ3n) is 5.64. The Kier molecular flexibility index (Phi) is 4.86. The Hall–Kier alpha value is -1.72. The van der Waals surface area contributed by atoms with Gasteiger partial charge >= 0.3 is 0 Å². The summed E-state index contributed by atoms with van der Waals surface area (Å²) in [5.41, 5.74) is 3.85. The molecule has 2 aliphatic heterocycles. The molecule has 0 N–H and O–H groups in total. The monoisotopic (exact) mass is 340 g/mol. The van der Waals surface area contributed by atoms with Crippen molar-refractivity contribution in [2.45, 2.75) is 51.7 Å². The molecule has 25 heavy (non-hydrogen) atoms. The van der Waals surface area contributed by atoms with Gasteiger partial charge in [0.2, 0.25) is 0 Å². The summed E-state index contributed by atoms with van der Waals surface area (Å²) in [7, 11) is 0. The zero-order chi connectivity index (χ0) is 17.2. The number of ether oxygens (including phenoxy) is 1. The minimum absolute atomic E-state index is 0.467. The van der Waals surface area contributed by atoms with Gasteiger partial charge in [0.05, 0.1) is 11.7 Å². The van der Waals surface area contributed by atoms with Crippen LogP contribution in [0.5, 0.6) is 0 Å². The van der Waals surface area contributed by atoms with Gasteiger partial charge in [-0.3, -0.25) is 14.6 Å². The van der Waals surface area contributed by atoms with Crippen molar-refractivity contribution in [3.8, 4) is 0 Å². The molecule has 2 atom stereocenters. The van der Waals surface area contributed by atoms with Gasteiger partial charge in [0, 0.05) is 56.5 Å². The predicted octanol–water partition coefficient (Wildman–Crippen LogP) is 3.52. The molecule has 0 aromatic carbocycles. The molecule has 2 aromatic rings. The van der Waals surface area contributed by atoms with Crippen LogP contribution in [0.4, 0.5) is 0 Å². The molecular formula is C20H28N4O. The SMILES string of the molecule is Cc1nn(C2CCOCC2)cc1CN1CC(C)CC1c1cccnc1. The maximum Gasteiger partial charge on any atom is 0.0638 e. The van der Waals surface area contributed by atoms with Crippen LogP contribution in [0.2, 0.25) is 0 Å². The third kappa shape index (κ3) is 3.62. The van der Waals surface area contributed by atoms with Crippen molar-refractivity contribution in [1.82, 2.24) is 19.7 Å². The molecule has 0 amide bonds. The molecule has 0 aliphatic carbocycles. The van der Waals surface area contributed by atoms with E-state index in [1.54, 1.807) is 0 Å². The maximum absolute atomic E-state index is 5.49. The van der Waals surface area contributed by atoms with E-state index in [0.717, 1.165) is 50.8 Å². The van der Waals surface area contributed by atoms with Crippen molar-refractivity contribution in [1.29, 1.82) is 0 Å². The van der Waals surface area contributed by atoms with E-state index in [1.807, 2.05) is 18.5 Å². The highest BCUT2D eigenvalue weighted by Gasteiger charge is 2.31. The molecule has 5 nitrogen and oxygen atoms in total. The van der Waals surface area contributed by atoms with Crippen LogP contribution >= 0.6 is 0 Å². The molecule has 0 saturated carbocycles.